The minimum Gasteiger partial charge on any atom is -0.478 e. The third-order valence-electron chi connectivity index (χ3n) is 3.73. The molecular weight excluding hydrogens is 214 g/mol. The molecule has 94 valence electrons. The zero-order valence-electron chi connectivity index (χ0n) is 10.9. The third-order valence-corrected chi connectivity index (χ3v) is 3.73. The van der Waals surface area contributed by atoms with Gasteiger partial charge in [0.1, 0.15) is 6.54 Å². The first kappa shape index (κ1) is 13.7. The van der Waals surface area contributed by atoms with Gasteiger partial charge in [-0.25, -0.2) is 4.79 Å². The second-order valence-electron chi connectivity index (χ2n) is 4.45. The van der Waals surface area contributed by atoms with Crippen LogP contribution in [0.1, 0.15) is 36.7 Å². The van der Waals surface area contributed by atoms with Gasteiger partial charge in [-0.3, -0.25) is 0 Å². The van der Waals surface area contributed by atoms with Crippen molar-refractivity contribution in [1.29, 1.82) is 0 Å². The highest BCUT2D eigenvalue weighted by Crippen LogP contribution is 2.15. The zero-order chi connectivity index (χ0) is 12.9. The number of carbonyl (C=O) groups is 1. The summed E-state index contributed by atoms with van der Waals surface area (Å²) in [6.07, 6.45) is 0. The van der Waals surface area contributed by atoms with Gasteiger partial charge in [-0.15, -0.1) is 0 Å². The van der Waals surface area contributed by atoms with Gasteiger partial charge in [0.25, 0.3) is 0 Å². The topological polar surface area (TPSA) is 37.3 Å². The molecule has 0 aliphatic rings. The summed E-state index contributed by atoms with van der Waals surface area (Å²) in [6.45, 7) is 10.9. The lowest BCUT2D eigenvalue weighted by Gasteiger charge is -2.35. The average molecular weight is 236 g/mol. The van der Waals surface area contributed by atoms with Crippen LogP contribution >= 0.6 is 0 Å². The second-order valence-corrected chi connectivity index (χ2v) is 4.45. The Hall–Kier alpha value is -1.35. The Morgan fingerprint density at radius 2 is 1.53 bits per heavy atom. The van der Waals surface area contributed by atoms with E-state index in [1.807, 2.05) is 12.1 Å². The Labute approximate surface area is 103 Å². The lowest BCUT2D eigenvalue weighted by Crippen LogP contribution is -2.46. The molecule has 0 saturated heterocycles. The van der Waals surface area contributed by atoms with Crippen LogP contribution in [0.2, 0.25) is 0 Å². The summed E-state index contributed by atoms with van der Waals surface area (Å²) in [5.74, 6) is -0.862. The highest BCUT2D eigenvalue weighted by molar-refractivity contribution is 5.87. The van der Waals surface area contributed by atoms with Crippen molar-refractivity contribution in [2.75, 3.05) is 19.6 Å². The second kappa shape index (κ2) is 5.82. The van der Waals surface area contributed by atoms with E-state index in [-0.39, 0.29) is 0 Å². The lowest BCUT2D eigenvalue weighted by molar-refractivity contribution is -0.936. The molecule has 1 N–H and O–H groups in total. The number of quaternary nitrogens is 1. The summed E-state index contributed by atoms with van der Waals surface area (Å²) in [7, 11) is 0. The monoisotopic (exact) mass is 236 g/mol. The van der Waals surface area contributed by atoms with Gasteiger partial charge in [0.2, 0.25) is 0 Å². The van der Waals surface area contributed by atoms with Crippen LogP contribution in [0.15, 0.2) is 24.3 Å². The van der Waals surface area contributed by atoms with E-state index >= 15 is 0 Å². The van der Waals surface area contributed by atoms with Crippen molar-refractivity contribution in [3.05, 3.63) is 35.4 Å². The largest absolute Gasteiger partial charge is 0.478 e. The van der Waals surface area contributed by atoms with Gasteiger partial charge in [-0.2, -0.15) is 0 Å². The first-order chi connectivity index (χ1) is 8.06. The van der Waals surface area contributed by atoms with E-state index in [0.29, 0.717) is 5.56 Å². The fourth-order valence-corrected chi connectivity index (χ4v) is 2.15. The average Bonchev–Trinajstić information content (AvgIpc) is 2.37. The fourth-order valence-electron chi connectivity index (χ4n) is 2.15. The minimum absolute atomic E-state index is 0.358. The Kier molecular flexibility index (Phi) is 4.70. The maximum Gasteiger partial charge on any atom is 0.335 e. The van der Waals surface area contributed by atoms with Crippen molar-refractivity contribution in [3.8, 4) is 0 Å². The summed E-state index contributed by atoms with van der Waals surface area (Å²) < 4.78 is 1.05. The maximum atomic E-state index is 10.8. The van der Waals surface area contributed by atoms with Crippen LogP contribution in [0.25, 0.3) is 0 Å². The van der Waals surface area contributed by atoms with E-state index < -0.39 is 5.97 Å². The van der Waals surface area contributed by atoms with Gasteiger partial charge in [-0.1, -0.05) is 12.1 Å². The summed E-state index contributed by atoms with van der Waals surface area (Å²) in [5.41, 5.74) is 1.57. The molecule has 0 atom stereocenters. The van der Waals surface area contributed by atoms with E-state index in [2.05, 4.69) is 20.8 Å². The lowest BCUT2D eigenvalue weighted by atomic mass is 10.1. The Morgan fingerprint density at radius 3 is 1.88 bits per heavy atom. The molecular formula is C14H22NO2+. The molecule has 0 fully saturated rings. The molecule has 0 aromatic heterocycles. The van der Waals surface area contributed by atoms with Gasteiger partial charge < -0.3 is 9.59 Å². The standard InChI is InChI=1S/C14H21NO2/c1-4-15(5-2,6-3)11-12-7-9-13(10-8-12)14(16)17/h7-10H,4-6,11H2,1-3H3/p+1. The molecule has 0 aliphatic heterocycles. The van der Waals surface area contributed by atoms with Crippen LogP contribution < -0.4 is 0 Å². The highest BCUT2D eigenvalue weighted by atomic mass is 16.4. The number of benzene rings is 1. The van der Waals surface area contributed by atoms with Crippen molar-refractivity contribution in [2.45, 2.75) is 27.3 Å². The quantitative estimate of drug-likeness (QED) is 0.771. The Bertz CT molecular complexity index is 358. The molecule has 0 bridgehead atoms. The van der Waals surface area contributed by atoms with Gasteiger partial charge >= 0.3 is 5.97 Å². The molecule has 0 heterocycles. The summed E-state index contributed by atoms with van der Waals surface area (Å²) in [4.78, 5) is 10.8. The molecule has 0 saturated carbocycles. The van der Waals surface area contributed by atoms with Gasteiger partial charge in [0.15, 0.2) is 0 Å². The molecule has 0 radical (unpaired) electrons. The van der Waals surface area contributed by atoms with Crippen LogP contribution in [0, 0.1) is 0 Å². The van der Waals surface area contributed by atoms with Gasteiger partial charge in [0.05, 0.1) is 25.2 Å². The van der Waals surface area contributed by atoms with Crippen molar-refractivity contribution in [3.63, 3.8) is 0 Å². The molecule has 0 spiro atoms. The van der Waals surface area contributed by atoms with Crippen LogP contribution in [0.4, 0.5) is 0 Å². The summed E-state index contributed by atoms with van der Waals surface area (Å²) in [5, 5.41) is 8.84. The van der Waals surface area contributed by atoms with Crippen molar-refractivity contribution >= 4 is 5.97 Å². The molecule has 0 amide bonds. The van der Waals surface area contributed by atoms with Crippen LogP contribution in [-0.2, 0) is 6.54 Å². The van der Waals surface area contributed by atoms with Crippen LogP contribution in [-0.4, -0.2) is 35.2 Å². The maximum absolute atomic E-state index is 10.8. The number of hydrogen-bond acceptors (Lipinski definition) is 1. The fraction of sp³-hybridized carbons (Fsp3) is 0.500. The predicted molar refractivity (Wildman–Crippen MR) is 69.0 cm³/mol. The van der Waals surface area contributed by atoms with Crippen LogP contribution in [0.3, 0.4) is 0 Å². The van der Waals surface area contributed by atoms with E-state index in [4.69, 9.17) is 5.11 Å². The minimum atomic E-state index is -0.862. The third kappa shape index (κ3) is 3.30. The normalized spacial score (nSPS) is 11.5. The number of aromatic carboxylic acids is 1. The first-order valence-corrected chi connectivity index (χ1v) is 6.24. The molecule has 3 heteroatoms. The number of hydrogen-bond donors (Lipinski definition) is 1. The van der Waals surface area contributed by atoms with Crippen LogP contribution in [0.5, 0.6) is 0 Å². The predicted octanol–water partition coefficient (Wildman–Crippen LogP) is 2.76. The van der Waals surface area contributed by atoms with Crippen molar-refractivity contribution in [2.24, 2.45) is 0 Å². The van der Waals surface area contributed by atoms with Gasteiger partial charge in [0, 0.05) is 5.56 Å². The Morgan fingerprint density at radius 1 is 1.06 bits per heavy atom. The summed E-state index contributed by atoms with van der Waals surface area (Å²) >= 11 is 0. The van der Waals surface area contributed by atoms with Gasteiger partial charge in [-0.05, 0) is 32.9 Å². The van der Waals surface area contributed by atoms with E-state index in [1.54, 1.807) is 12.1 Å². The number of carboxylic acid groups (broad SMARTS) is 1. The molecule has 3 nitrogen and oxygen atoms in total. The first-order valence-electron chi connectivity index (χ1n) is 6.24. The van der Waals surface area contributed by atoms with Crippen molar-refractivity contribution in [1.82, 2.24) is 0 Å². The number of carboxylic acids is 1. The highest BCUT2D eigenvalue weighted by Gasteiger charge is 2.21. The van der Waals surface area contributed by atoms with Crippen molar-refractivity contribution < 1.29 is 14.4 Å². The Balaban J connectivity index is 2.84. The summed E-state index contributed by atoms with van der Waals surface area (Å²) in [6, 6.07) is 7.23. The number of rotatable bonds is 6. The smallest absolute Gasteiger partial charge is 0.335 e. The molecule has 1 rings (SSSR count). The molecule has 0 aliphatic carbocycles. The van der Waals surface area contributed by atoms with E-state index in [9.17, 15) is 4.79 Å². The van der Waals surface area contributed by atoms with E-state index in [0.717, 1.165) is 30.7 Å². The molecule has 17 heavy (non-hydrogen) atoms. The molecule has 1 aromatic rings. The molecule has 1 aromatic carbocycles. The van der Waals surface area contributed by atoms with E-state index in [1.165, 1.54) is 5.56 Å². The number of nitrogens with zero attached hydrogens (tertiary/aromatic N) is 1. The SMILES string of the molecule is CC[N+](CC)(CC)Cc1ccc(C(=O)O)cc1. The zero-order valence-corrected chi connectivity index (χ0v) is 10.9. The molecule has 0 unspecified atom stereocenters.